The van der Waals surface area contributed by atoms with E-state index in [-0.39, 0.29) is 55.5 Å². The number of likely N-dealkylation sites (N-methyl/N-ethyl adjacent to an activating group) is 1. The molecule has 0 radical (unpaired) electrons. The third kappa shape index (κ3) is 4.70. The maximum atomic E-state index is 16.3. The number of halogens is 3. The number of hydrogen-bond acceptors (Lipinski definition) is 9. The van der Waals surface area contributed by atoms with Gasteiger partial charge in [-0.3, -0.25) is 4.79 Å². The van der Waals surface area contributed by atoms with E-state index in [4.69, 9.17) is 22.1 Å². The molecule has 13 heteroatoms. The third-order valence-electron chi connectivity index (χ3n) is 7.39. The number of amides is 1. The quantitative estimate of drug-likeness (QED) is 0.346. The molecule has 0 spiro atoms. The number of aromatic nitrogens is 3. The van der Waals surface area contributed by atoms with Gasteiger partial charge in [0, 0.05) is 42.6 Å². The number of likely N-dealkylation sites (tertiary alicyclic amines) is 2. The first-order valence-corrected chi connectivity index (χ1v) is 13.8. The number of thiazole rings is 1. The van der Waals surface area contributed by atoms with Gasteiger partial charge in [-0.1, -0.05) is 22.9 Å². The van der Waals surface area contributed by atoms with Gasteiger partial charge >= 0.3 is 6.01 Å². The van der Waals surface area contributed by atoms with Gasteiger partial charge in [0.2, 0.25) is 5.91 Å². The van der Waals surface area contributed by atoms with Gasteiger partial charge in [0.25, 0.3) is 0 Å². The SMILES string of the molecule is CC(=O)N1CC(Nc2nc(OCC3CCCN3C)nc3c(F)c(-c4ccc(F)c5sc(N)nc45)c(Cl)cc23)C1. The molecule has 39 heavy (non-hydrogen) atoms. The number of carbonyl (C=O) groups excluding carboxylic acids is 1. The fourth-order valence-electron chi connectivity index (χ4n) is 5.17. The van der Waals surface area contributed by atoms with Crippen molar-refractivity contribution in [3.8, 4) is 17.1 Å². The highest BCUT2D eigenvalue weighted by Gasteiger charge is 2.31. The van der Waals surface area contributed by atoms with Gasteiger partial charge in [-0.25, -0.2) is 13.8 Å². The van der Waals surface area contributed by atoms with Gasteiger partial charge in [-0.2, -0.15) is 9.97 Å². The summed E-state index contributed by atoms with van der Waals surface area (Å²) >= 11 is 7.63. The predicted octanol–water partition coefficient (Wildman–Crippen LogP) is 4.54. The highest BCUT2D eigenvalue weighted by Crippen LogP contribution is 2.42. The lowest BCUT2D eigenvalue weighted by molar-refractivity contribution is -0.132. The van der Waals surface area contributed by atoms with E-state index in [1.807, 2.05) is 7.05 Å². The van der Waals surface area contributed by atoms with Crippen LogP contribution in [-0.4, -0.2) is 76.0 Å². The number of anilines is 2. The summed E-state index contributed by atoms with van der Waals surface area (Å²) in [6.07, 6.45) is 2.07. The van der Waals surface area contributed by atoms with Crippen LogP contribution in [0.25, 0.3) is 32.2 Å². The highest BCUT2D eigenvalue weighted by atomic mass is 35.5. The fraction of sp³-hybridized carbons (Fsp3) is 0.385. The minimum atomic E-state index is -0.704. The van der Waals surface area contributed by atoms with Crippen molar-refractivity contribution in [3.05, 3.63) is 34.9 Å². The van der Waals surface area contributed by atoms with Gasteiger partial charge < -0.3 is 25.6 Å². The molecule has 4 heterocycles. The van der Waals surface area contributed by atoms with Crippen molar-refractivity contribution >= 4 is 60.9 Å². The van der Waals surface area contributed by atoms with Crippen molar-refractivity contribution in [2.24, 2.45) is 0 Å². The molecule has 1 atom stereocenters. The van der Waals surface area contributed by atoms with E-state index in [0.29, 0.717) is 36.5 Å². The predicted molar refractivity (Wildman–Crippen MR) is 148 cm³/mol. The summed E-state index contributed by atoms with van der Waals surface area (Å²) in [6.45, 7) is 3.86. The minimum absolute atomic E-state index is 0.00472. The molecular weight excluding hydrogens is 548 g/mol. The number of fused-ring (bicyclic) bond motifs is 2. The van der Waals surface area contributed by atoms with Gasteiger partial charge in [-0.15, -0.1) is 0 Å². The molecular formula is C26H26ClF2N7O2S. The Morgan fingerprint density at radius 3 is 2.77 bits per heavy atom. The molecule has 0 saturated carbocycles. The fourth-order valence-corrected chi connectivity index (χ4v) is 6.23. The average Bonchev–Trinajstić information content (AvgIpc) is 3.46. The first-order valence-electron chi connectivity index (χ1n) is 12.6. The van der Waals surface area contributed by atoms with Crippen molar-refractivity contribution in [1.29, 1.82) is 0 Å². The summed E-state index contributed by atoms with van der Waals surface area (Å²) in [4.78, 5) is 28.8. The van der Waals surface area contributed by atoms with Gasteiger partial charge in [0.1, 0.15) is 23.8 Å². The Balaban J connectivity index is 1.45. The zero-order valence-corrected chi connectivity index (χ0v) is 22.9. The molecule has 2 aliphatic rings. The van der Waals surface area contributed by atoms with Gasteiger partial charge in [0.05, 0.1) is 21.3 Å². The lowest BCUT2D eigenvalue weighted by atomic mass is 10.0. The van der Waals surface area contributed by atoms with E-state index in [2.05, 4.69) is 25.2 Å². The Labute approximate surface area is 231 Å². The molecule has 4 aromatic rings. The number of carbonyl (C=O) groups is 1. The monoisotopic (exact) mass is 573 g/mol. The zero-order chi connectivity index (χ0) is 27.4. The number of benzene rings is 2. The van der Waals surface area contributed by atoms with Crippen LogP contribution in [0.4, 0.5) is 19.7 Å². The Morgan fingerprint density at radius 1 is 1.26 bits per heavy atom. The Kier molecular flexibility index (Phi) is 6.64. The summed E-state index contributed by atoms with van der Waals surface area (Å²) in [5, 5.41) is 3.92. The maximum absolute atomic E-state index is 16.3. The molecule has 1 unspecified atom stereocenters. The lowest BCUT2D eigenvalue weighted by Crippen LogP contribution is -2.56. The maximum Gasteiger partial charge on any atom is 0.319 e. The van der Waals surface area contributed by atoms with Crippen LogP contribution < -0.4 is 15.8 Å². The number of ether oxygens (including phenoxy) is 1. The number of nitrogen functional groups attached to an aromatic ring is 1. The first kappa shape index (κ1) is 25.9. The van der Waals surface area contributed by atoms with E-state index in [0.717, 1.165) is 30.7 Å². The van der Waals surface area contributed by atoms with Crippen LogP contribution in [-0.2, 0) is 4.79 Å². The van der Waals surface area contributed by atoms with Crippen molar-refractivity contribution in [2.45, 2.75) is 31.8 Å². The first-order chi connectivity index (χ1) is 18.7. The molecule has 2 aromatic heterocycles. The van der Waals surface area contributed by atoms with E-state index >= 15 is 4.39 Å². The normalized spacial score (nSPS) is 18.2. The number of nitrogens with one attached hydrogen (secondary N) is 1. The van der Waals surface area contributed by atoms with Crippen LogP contribution >= 0.6 is 22.9 Å². The van der Waals surface area contributed by atoms with E-state index in [1.54, 1.807) is 11.0 Å². The third-order valence-corrected chi connectivity index (χ3v) is 8.58. The second-order valence-corrected chi connectivity index (χ2v) is 11.4. The summed E-state index contributed by atoms with van der Waals surface area (Å²) in [6, 6.07) is 4.43. The van der Waals surface area contributed by atoms with E-state index in [1.165, 1.54) is 19.1 Å². The molecule has 2 saturated heterocycles. The topological polar surface area (TPSA) is 110 Å². The van der Waals surface area contributed by atoms with Crippen molar-refractivity contribution < 1.29 is 18.3 Å². The summed E-state index contributed by atoms with van der Waals surface area (Å²) in [7, 11) is 2.04. The van der Waals surface area contributed by atoms with Crippen LogP contribution in [0, 0.1) is 11.6 Å². The number of rotatable bonds is 6. The van der Waals surface area contributed by atoms with Crippen LogP contribution in [0.15, 0.2) is 18.2 Å². The molecule has 3 N–H and O–H groups in total. The molecule has 0 aliphatic carbocycles. The van der Waals surface area contributed by atoms with E-state index in [9.17, 15) is 9.18 Å². The molecule has 6 rings (SSSR count). The standard InChI is InChI=1S/C26H26ClF2N7O2S/c1-12(37)36-9-13(10-36)31-24-16-8-17(27)19(15-5-6-18(28)23-22(15)32-25(30)39-23)20(29)21(16)33-26(34-24)38-11-14-4-3-7-35(14)2/h5-6,8,13-14H,3-4,7,9-11H2,1-2H3,(H2,30,32)(H,31,33,34). The average molecular weight is 574 g/mol. The molecule has 1 amide bonds. The number of hydrogen-bond donors (Lipinski definition) is 2. The Hall–Kier alpha value is -3.35. The van der Waals surface area contributed by atoms with Crippen LogP contribution in [0.1, 0.15) is 19.8 Å². The van der Waals surface area contributed by atoms with Crippen LogP contribution in [0.5, 0.6) is 6.01 Å². The molecule has 0 bridgehead atoms. The van der Waals surface area contributed by atoms with Crippen molar-refractivity contribution in [1.82, 2.24) is 24.8 Å². The number of nitrogens with zero attached hydrogens (tertiary/aromatic N) is 5. The summed E-state index contributed by atoms with van der Waals surface area (Å²) < 4.78 is 37.0. The lowest BCUT2D eigenvalue weighted by Gasteiger charge is -2.39. The van der Waals surface area contributed by atoms with Crippen LogP contribution in [0.3, 0.4) is 0 Å². The molecule has 2 aliphatic heterocycles. The second-order valence-electron chi connectivity index (χ2n) is 9.98. The molecule has 2 fully saturated rings. The van der Waals surface area contributed by atoms with Crippen LogP contribution in [0.2, 0.25) is 5.02 Å². The molecule has 204 valence electrons. The van der Waals surface area contributed by atoms with Crippen molar-refractivity contribution in [3.63, 3.8) is 0 Å². The van der Waals surface area contributed by atoms with Gasteiger partial charge in [0.15, 0.2) is 10.9 Å². The second kappa shape index (κ2) is 10.00. The summed E-state index contributed by atoms with van der Waals surface area (Å²) in [5.74, 6) is -0.860. The zero-order valence-electron chi connectivity index (χ0n) is 21.3. The number of nitrogens with two attached hydrogens (primary N) is 1. The largest absolute Gasteiger partial charge is 0.462 e. The van der Waals surface area contributed by atoms with Crippen molar-refractivity contribution in [2.75, 3.05) is 44.3 Å². The Morgan fingerprint density at radius 2 is 2.05 bits per heavy atom. The minimum Gasteiger partial charge on any atom is -0.462 e. The smallest absolute Gasteiger partial charge is 0.319 e. The highest BCUT2D eigenvalue weighted by molar-refractivity contribution is 7.22. The van der Waals surface area contributed by atoms with Gasteiger partial charge in [-0.05, 0) is 44.6 Å². The van der Waals surface area contributed by atoms with E-state index < -0.39 is 11.6 Å². The summed E-state index contributed by atoms with van der Waals surface area (Å²) in [5.41, 5.74) is 6.42. The molecule has 9 nitrogen and oxygen atoms in total. The Bertz CT molecular complexity index is 1610. The molecule has 2 aromatic carbocycles.